The van der Waals surface area contributed by atoms with Crippen LogP contribution in [0.25, 0.3) is 5.65 Å². The highest BCUT2D eigenvalue weighted by atomic mass is 16.2. The third kappa shape index (κ3) is 4.36. The van der Waals surface area contributed by atoms with Crippen molar-refractivity contribution in [3.8, 4) is 0 Å². The number of anilines is 2. The Hall–Kier alpha value is -4.14. The fourth-order valence-electron chi connectivity index (χ4n) is 4.33. The fourth-order valence-corrected chi connectivity index (χ4v) is 4.33. The monoisotopic (exact) mass is 457 g/mol. The number of aromatic nitrogens is 4. The number of benzene rings is 2. The third-order valence-electron chi connectivity index (χ3n) is 6.14. The van der Waals surface area contributed by atoms with E-state index in [4.69, 9.17) is 0 Å². The van der Waals surface area contributed by atoms with E-state index in [2.05, 4.69) is 56.4 Å². The Morgan fingerprint density at radius 2 is 1.68 bits per heavy atom. The number of carbonyl (C=O) groups excluding carboxylic acids is 1. The molecular weight excluding hydrogens is 430 g/mol. The normalized spacial score (nSPS) is 13.9. The van der Waals surface area contributed by atoms with Gasteiger partial charge in [0.05, 0.1) is 0 Å². The van der Waals surface area contributed by atoms with Gasteiger partial charge in [0.1, 0.15) is 6.54 Å². The molecule has 2 aromatic heterocycles. The van der Waals surface area contributed by atoms with Crippen molar-refractivity contribution in [2.24, 2.45) is 0 Å². The van der Waals surface area contributed by atoms with E-state index in [1.54, 1.807) is 12.4 Å². The Morgan fingerprint density at radius 1 is 0.971 bits per heavy atom. The molecule has 34 heavy (non-hydrogen) atoms. The molecule has 1 aliphatic rings. The maximum Gasteiger partial charge on any atom is 0.350 e. The maximum atomic E-state index is 12.9. The van der Waals surface area contributed by atoms with E-state index >= 15 is 0 Å². The topological polar surface area (TPSA) is 87.8 Å². The lowest BCUT2D eigenvalue weighted by Crippen LogP contribution is -2.47. The van der Waals surface area contributed by atoms with E-state index in [9.17, 15) is 9.59 Å². The molecule has 0 unspecified atom stereocenters. The van der Waals surface area contributed by atoms with Crippen LogP contribution in [-0.2, 0) is 17.9 Å². The molecular formula is C25H27N7O2. The number of piperazine rings is 1. The quantitative estimate of drug-likeness (QED) is 0.476. The van der Waals surface area contributed by atoms with Gasteiger partial charge in [-0.05, 0) is 24.1 Å². The summed E-state index contributed by atoms with van der Waals surface area (Å²) in [4.78, 5) is 34.4. The number of amides is 1. The van der Waals surface area contributed by atoms with Gasteiger partial charge in [-0.25, -0.2) is 18.9 Å². The number of hydrogen-bond acceptors (Lipinski definition) is 6. The van der Waals surface area contributed by atoms with Crippen molar-refractivity contribution in [1.82, 2.24) is 24.5 Å². The van der Waals surface area contributed by atoms with E-state index < -0.39 is 0 Å². The third-order valence-corrected chi connectivity index (χ3v) is 6.14. The number of aryl methyl sites for hydroxylation is 1. The van der Waals surface area contributed by atoms with E-state index in [0.717, 1.165) is 31.7 Å². The molecule has 1 aliphatic heterocycles. The minimum absolute atomic E-state index is 0.145. The van der Waals surface area contributed by atoms with Gasteiger partial charge in [-0.2, -0.15) is 0 Å². The Bertz CT molecular complexity index is 1350. The van der Waals surface area contributed by atoms with Gasteiger partial charge >= 0.3 is 5.69 Å². The highest BCUT2D eigenvalue weighted by Crippen LogP contribution is 2.23. The van der Waals surface area contributed by atoms with Gasteiger partial charge in [-0.1, -0.05) is 48.5 Å². The van der Waals surface area contributed by atoms with Crippen LogP contribution < -0.4 is 20.8 Å². The molecule has 174 valence electrons. The summed E-state index contributed by atoms with van der Waals surface area (Å²) < 4.78 is 2.66. The molecule has 9 heteroatoms. The van der Waals surface area contributed by atoms with Crippen LogP contribution in [0.5, 0.6) is 0 Å². The van der Waals surface area contributed by atoms with Gasteiger partial charge < -0.3 is 15.1 Å². The first-order chi connectivity index (χ1) is 16.6. The van der Waals surface area contributed by atoms with E-state index in [1.165, 1.54) is 20.3 Å². The minimum atomic E-state index is -0.355. The lowest BCUT2D eigenvalue weighted by atomic mass is 10.1. The lowest BCUT2D eigenvalue weighted by Gasteiger charge is -2.37. The second-order valence-corrected chi connectivity index (χ2v) is 8.41. The highest BCUT2D eigenvalue weighted by Gasteiger charge is 2.23. The second-order valence-electron chi connectivity index (χ2n) is 8.41. The van der Waals surface area contributed by atoms with Gasteiger partial charge in [0, 0.05) is 50.8 Å². The smallest absolute Gasteiger partial charge is 0.350 e. The van der Waals surface area contributed by atoms with Crippen molar-refractivity contribution in [3.63, 3.8) is 0 Å². The molecule has 0 spiro atoms. The van der Waals surface area contributed by atoms with Crippen LogP contribution in [-0.4, -0.2) is 51.3 Å². The molecule has 4 aromatic rings. The summed E-state index contributed by atoms with van der Waals surface area (Å²) in [6, 6.07) is 18.0. The number of nitrogens with zero attached hydrogens (tertiary/aromatic N) is 6. The van der Waals surface area contributed by atoms with Gasteiger partial charge in [0.2, 0.25) is 11.6 Å². The number of rotatable bonds is 6. The number of fused-ring (bicyclic) bond motifs is 1. The average Bonchev–Trinajstić information content (AvgIpc) is 3.19. The molecule has 0 radical (unpaired) electrons. The predicted octanol–water partition coefficient (Wildman–Crippen LogP) is 1.84. The zero-order chi connectivity index (χ0) is 23.5. The Labute approximate surface area is 197 Å². The molecule has 0 atom stereocenters. The van der Waals surface area contributed by atoms with E-state index in [0.29, 0.717) is 18.0 Å². The number of carbonyl (C=O) groups is 1. The van der Waals surface area contributed by atoms with E-state index in [1.807, 2.05) is 30.3 Å². The summed E-state index contributed by atoms with van der Waals surface area (Å²) in [5.74, 6) is 0.392. The van der Waals surface area contributed by atoms with Crippen LogP contribution in [0.3, 0.4) is 0 Å². The van der Waals surface area contributed by atoms with Crippen LogP contribution in [0.4, 0.5) is 11.5 Å². The van der Waals surface area contributed by atoms with E-state index in [-0.39, 0.29) is 18.1 Å². The number of hydrogen-bond donors (Lipinski definition) is 1. The first kappa shape index (κ1) is 21.7. The molecule has 9 nitrogen and oxygen atoms in total. The van der Waals surface area contributed by atoms with Crippen molar-refractivity contribution < 1.29 is 4.79 Å². The summed E-state index contributed by atoms with van der Waals surface area (Å²) in [7, 11) is 0. The van der Waals surface area contributed by atoms with Crippen molar-refractivity contribution >= 4 is 23.1 Å². The summed E-state index contributed by atoms with van der Waals surface area (Å²) in [6.07, 6.45) is 3.20. The summed E-state index contributed by atoms with van der Waals surface area (Å²) in [5.41, 5.74) is 3.61. The van der Waals surface area contributed by atoms with Crippen molar-refractivity contribution in [1.29, 1.82) is 0 Å². The molecule has 1 saturated heterocycles. The Morgan fingerprint density at radius 3 is 2.44 bits per heavy atom. The van der Waals surface area contributed by atoms with Crippen LogP contribution in [0.1, 0.15) is 11.1 Å². The molecule has 0 bridgehead atoms. The zero-order valence-corrected chi connectivity index (χ0v) is 19.1. The molecule has 3 heterocycles. The SMILES string of the molecule is Cc1ccccc1N1CCN(c2nccn3c(=O)n(CC(=O)NCc4ccccc4)nc23)CC1. The van der Waals surface area contributed by atoms with Crippen LogP contribution >= 0.6 is 0 Å². The number of nitrogens with one attached hydrogen (secondary N) is 1. The molecule has 1 amide bonds. The van der Waals surface area contributed by atoms with Gasteiger partial charge in [0.15, 0.2) is 5.82 Å². The van der Waals surface area contributed by atoms with Gasteiger partial charge in [-0.3, -0.25) is 4.79 Å². The fraction of sp³-hybridized carbons (Fsp3) is 0.280. The standard InChI is InChI=1S/C25H27N7O2/c1-19-7-5-6-10-21(19)29-13-15-30(16-14-29)23-24-28-32(25(34)31(24)12-11-26-23)18-22(33)27-17-20-8-3-2-4-9-20/h2-12H,13-18H2,1H3,(H,27,33). The van der Waals surface area contributed by atoms with Crippen molar-refractivity contribution in [2.75, 3.05) is 36.0 Å². The molecule has 0 aliphatic carbocycles. The highest BCUT2D eigenvalue weighted by molar-refractivity contribution is 5.75. The summed E-state index contributed by atoms with van der Waals surface area (Å²) in [5, 5.41) is 7.30. The van der Waals surface area contributed by atoms with Gasteiger partial charge in [-0.15, -0.1) is 5.10 Å². The van der Waals surface area contributed by atoms with Crippen LogP contribution in [0, 0.1) is 6.92 Å². The second kappa shape index (κ2) is 9.38. The molecule has 1 N–H and O–H groups in total. The molecule has 5 rings (SSSR count). The van der Waals surface area contributed by atoms with Crippen LogP contribution in [0.15, 0.2) is 71.8 Å². The summed E-state index contributed by atoms with van der Waals surface area (Å²) >= 11 is 0. The first-order valence-electron chi connectivity index (χ1n) is 11.4. The Balaban J connectivity index is 1.30. The maximum absolute atomic E-state index is 12.9. The first-order valence-corrected chi connectivity index (χ1v) is 11.4. The van der Waals surface area contributed by atoms with Crippen molar-refractivity contribution in [3.05, 3.63) is 88.6 Å². The minimum Gasteiger partial charge on any atom is -0.368 e. The largest absolute Gasteiger partial charge is 0.368 e. The lowest BCUT2D eigenvalue weighted by molar-refractivity contribution is -0.122. The average molecular weight is 458 g/mol. The predicted molar refractivity (Wildman–Crippen MR) is 131 cm³/mol. The zero-order valence-electron chi connectivity index (χ0n) is 19.1. The number of para-hydroxylation sites is 1. The molecule has 0 saturated carbocycles. The van der Waals surface area contributed by atoms with Gasteiger partial charge in [0.25, 0.3) is 0 Å². The Kier molecular flexibility index (Phi) is 5.99. The molecule has 2 aromatic carbocycles. The van der Waals surface area contributed by atoms with Crippen LogP contribution in [0.2, 0.25) is 0 Å². The summed E-state index contributed by atoms with van der Waals surface area (Å²) in [6.45, 7) is 5.60. The van der Waals surface area contributed by atoms with Crippen molar-refractivity contribution in [2.45, 2.75) is 20.0 Å². The molecule has 1 fully saturated rings.